The van der Waals surface area contributed by atoms with Gasteiger partial charge in [0.05, 0.1) is 11.3 Å². The van der Waals surface area contributed by atoms with E-state index in [0.29, 0.717) is 0 Å². The van der Waals surface area contributed by atoms with Crippen molar-refractivity contribution in [2.24, 2.45) is 0 Å². The van der Waals surface area contributed by atoms with Crippen LogP contribution in [0.25, 0.3) is 0 Å². The molecule has 4 heteroatoms. The van der Waals surface area contributed by atoms with Crippen LogP contribution < -0.4 is 0 Å². The minimum absolute atomic E-state index is 0.164. The quantitative estimate of drug-likeness (QED) is 0.754. The van der Waals surface area contributed by atoms with Gasteiger partial charge in [-0.05, 0) is 29.7 Å². The van der Waals surface area contributed by atoms with E-state index in [4.69, 9.17) is 0 Å². The van der Waals surface area contributed by atoms with Crippen molar-refractivity contribution < 1.29 is 0 Å². The number of fused-ring (bicyclic) bond motifs is 1. The molecule has 0 saturated carbocycles. The minimum Gasteiger partial charge on any atom is -0.251 e. The number of thioether (sulfide) groups is 1. The maximum atomic E-state index is 4.35. The van der Waals surface area contributed by atoms with Crippen molar-refractivity contribution in [2.75, 3.05) is 5.75 Å². The fraction of sp³-hybridized carbons (Fsp3) is 0.529. The van der Waals surface area contributed by atoms with Gasteiger partial charge in [0, 0.05) is 0 Å². The highest BCUT2D eigenvalue weighted by Crippen LogP contribution is 2.47. The van der Waals surface area contributed by atoms with E-state index in [2.05, 4.69) is 53.0 Å². The summed E-state index contributed by atoms with van der Waals surface area (Å²) in [5.41, 5.74) is 3.04. The summed E-state index contributed by atoms with van der Waals surface area (Å²) in [5.74, 6) is 1.21. The number of aryl methyl sites for hydroxylation is 1. The van der Waals surface area contributed by atoms with Crippen LogP contribution in [0.5, 0.6) is 0 Å². The normalized spacial score (nSPS) is 21.2. The van der Waals surface area contributed by atoms with Gasteiger partial charge in [-0.3, -0.25) is 4.68 Å². The summed E-state index contributed by atoms with van der Waals surface area (Å²) >= 11 is 2.11. The summed E-state index contributed by atoms with van der Waals surface area (Å²) in [7, 11) is 0. The van der Waals surface area contributed by atoms with Gasteiger partial charge >= 0.3 is 0 Å². The number of hydrogen-bond donors (Lipinski definition) is 0. The van der Waals surface area contributed by atoms with Crippen molar-refractivity contribution in [3.8, 4) is 0 Å². The third-order valence-electron chi connectivity index (χ3n) is 4.33. The lowest BCUT2D eigenvalue weighted by molar-refractivity contribution is 0.425. The predicted molar refractivity (Wildman–Crippen MR) is 88.4 cm³/mol. The van der Waals surface area contributed by atoms with E-state index in [0.717, 1.165) is 6.54 Å². The minimum atomic E-state index is 0.164. The Bertz CT molecular complexity index is 567. The average Bonchev–Trinajstić information content (AvgIpc) is 3.01. The summed E-state index contributed by atoms with van der Waals surface area (Å²) in [4.78, 5) is 4.11. The van der Waals surface area contributed by atoms with Crippen molar-refractivity contribution in [1.29, 1.82) is 0 Å². The van der Waals surface area contributed by atoms with E-state index >= 15 is 0 Å². The molecule has 0 fully saturated rings. The lowest BCUT2D eigenvalue weighted by atomic mass is 9.87. The molecule has 1 aliphatic rings. The van der Waals surface area contributed by atoms with Crippen LogP contribution in [0.2, 0.25) is 0 Å². The molecule has 0 N–H and O–H groups in total. The van der Waals surface area contributed by atoms with Crippen LogP contribution in [0, 0.1) is 0 Å². The first-order valence-electron chi connectivity index (χ1n) is 7.89. The van der Waals surface area contributed by atoms with Gasteiger partial charge in [0.25, 0.3) is 0 Å². The molecular formula is C17H23N3S. The number of benzene rings is 1. The summed E-state index contributed by atoms with van der Waals surface area (Å²) in [6.07, 6.45) is 9.76. The van der Waals surface area contributed by atoms with Crippen LogP contribution in [0.1, 0.15) is 43.7 Å². The monoisotopic (exact) mass is 301 g/mol. The van der Waals surface area contributed by atoms with Gasteiger partial charge < -0.3 is 0 Å². The highest BCUT2D eigenvalue weighted by Gasteiger charge is 2.37. The summed E-state index contributed by atoms with van der Waals surface area (Å²) in [6, 6.07) is 8.97. The molecule has 1 aromatic heterocycles. The molecule has 1 aromatic carbocycles. The van der Waals surface area contributed by atoms with Crippen LogP contribution in [-0.4, -0.2) is 20.5 Å². The Morgan fingerprint density at radius 3 is 3.00 bits per heavy atom. The lowest BCUT2D eigenvalue weighted by Crippen LogP contribution is -2.33. The van der Waals surface area contributed by atoms with Gasteiger partial charge in [0.1, 0.15) is 12.7 Å². The van der Waals surface area contributed by atoms with E-state index in [1.54, 1.807) is 6.33 Å². The predicted octanol–water partition coefficient (Wildman–Crippen LogP) is 4.04. The first-order valence-corrected chi connectivity index (χ1v) is 8.87. The zero-order valence-corrected chi connectivity index (χ0v) is 13.5. The van der Waals surface area contributed by atoms with Crippen LogP contribution in [0.4, 0.5) is 0 Å². The summed E-state index contributed by atoms with van der Waals surface area (Å²) in [5, 5.41) is 4.35. The highest BCUT2D eigenvalue weighted by atomic mass is 32.2. The second-order valence-electron chi connectivity index (χ2n) is 5.80. The van der Waals surface area contributed by atoms with Gasteiger partial charge in [-0.15, -0.1) is 11.8 Å². The van der Waals surface area contributed by atoms with Crippen molar-refractivity contribution >= 4 is 11.8 Å². The molecular weight excluding hydrogens is 278 g/mol. The van der Waals surface area contributed by atoms with Crippen molar-refractivity contribution in [3.63, 3.8) is 0 Å². The van der Waals surface area contributed by atoms with Gasteiger partial charge in [-0.2, -0.15) is 5.10 Å². The number of aromatic nitrogens is 3. The fourth-order valence-corrected chi connectivity index (χ4v) is 4.85. The Kier molecular flexibility index (Phi) is 4.63. The molecule has 2 aromatic rings. The smallest absolute Gasteiger partial charge is 0.137 e. The Morgan fingerprint density at radius 2 is 2.19 bits per heavy atom. The van der Waals surface area contributed by atoms with Crippen LogP contribution >= 0.6 is 11.8 Å². The molecule has 1 unspecified atom stereocenters. The molecule has 21 heavy (non-hydrogen) atoms. The maximum absolute atomic E-state index is 4.35. The molecule has 0 amide bonds. The molecule has 0 aliphatic carbocycles. The molecule has 3 nitrogen and oxygen atoms in total. The van der Waals surface area contributed by atoms with Gasteiger partial charge in [0.2, 0.25) is 0 Å². The standard InChI is InChI=1S/C17H23N3S/c1-2-3-6-10-17(12-20-14-18-13-19-20)16-8-5-4-7-15(16)9-11-21-17/h4-5,7-8,13-14H,2-3,6,9-12H2,1H3. The second-order valence-corrected chi connectivity index (χ2v) is 7.28. The highest BCUT2D eigenvalue weighted by molar-refractivity contribution is 8.00. The molecule has 2 heterocycles. The first kappa shape index (κ1) is 14.6. The topological polar surface area (TPSA) is 30.7 Å². The number of nitrogens with zero attached hydrogens (tertiary/aromatic N) is 3. The summed E-state index contributed by atoms with van der Waals surface area (Å²) < 4.78 is 2.17. The SMILES string of the molecule is CCCCCC1(Cn2cncn2)SCCc2ccccc21. The molecule has 0 radical (unpaired) electrons. The van der Waals surface area contributed by atoms with Crippen molar-refractivity contribution in [1.82, 2.24) is 14.8 Å². The number of hydrogen-bond acceptors (Lipinski definition) is 3. The Balaban J connectivity index is 1.92. The van der Waals surface area contributed by atoms with Gasteiger partial charge in [-0.1, -0.05) is 50.5 Å². The number of unbranched alkanes of at least 4 members (excludes halogenated alkanes) is 2. The van der Waals surface area contributed by atoms with E-state index in [-0.39, 0.29) is 4.75 Å². The Morgan fingerprint density at radius 1 is 1.29 bits per heavy atom. The zero-order chi connectivity index (χ0) is 14.5. The van der Waals surface area contributed by atoms with Gasteiger partial charge in [-0.25, -0.2) is 4.98 Å². The van der Waals surface area contributed by atoms with E-state index in [9.17, 15) is 0 Å². The zero-order valence-electron chi connectivity index (χ0n) is 12.7. The third kappa shape index (κ3) is 3.15. The van der Waals surface area contributed by atoms with E-state index < -0.39 is 0 Å². The molecule has 3 rings (SSSR count). The summed E-state index contributed by atoms with van der Waals surface area (Å²) in [6.45, 7) is 3.20. The fourth-order valence-electron chi connectivity index (χ4n) is 3.27. The van der Waals surface area contributed by atoms with Crippen LogP contribution in [-0.2, 0) is 17.7 Å². The van der Waals surface area contributed by atoms with Gasteiger partial charge in [0.15, 0.2) is 0 Å². The maximum Gasteiger partial charge on any atom is 0.137 e. The van der Waals surface area contributed by atoms with Crippen LogP contribution in [0.3, 0.4) is 0 Å². The molecule has 1 atom stereocenters. The Hall–Kier alpha value is -1.29. The molecule has 0 saturated heterocycles. The van der Waals surface area contributed by atoms with Crippen molar-refractivity contribution in [3.05, 3.63) is 48.0 Å². The van der Waals surface area contributed by atoms with Crippen LogP contribution in [0.15, 0.2) is 36.9 Å². The number of rotatable bonds is 6. The molecule has 0 bridgehead atoms. The van der Waals surface area contributed by atoms with E-state index in [1.165, 1.54) is 49.0 Å². The lowest BCUT2D eigenvalue weighted by Gasteiger charge is -2.38. The van der Waals surface area contributed by atoms with Crippen molar-refractivity contribution in [2.45, 2.75) is 50.3 Å². The molecule has 1 aliphatic heterocycles. The molecule has 0 spiro atoms. The average molecular weight is 301 g/mol. The second kappa shape index (κ2) is 6.65. The molecule has 112 valence electrons. The third-order valence-corrected chi connectivity index (χ3v) is 5.84. The largest absolute Gasteiger partial charge is 0.251 e. The Labute approximate surface area is 131 Å². The van der Waals surface area contributed by atoms with E-state index in [1.807, 2.05) is 11.0 Å². The first-order chi connectivity index (χ1) is 10.3.